The topological polar surface area (TPSA) is 29.1 Å². The molecule has 1 N–H and O–H groups in total. The maximum absolute atomic E-state index is 12.1. The molecule has 0 aliphatic heterocycles. The van der Waals surface area contributed by atoms with Crippen molar-refractivity contribution in [3.05, 3.63) is 28.7 Å². The van der Waals surface area contributed by atoms with Gasteiger partial charge in [0.05, 0.1) is 15.7 Å². The van der Waals surface area contributed by atoms with Crippen LogP contribution >= 0.6 is 15.9 Å². The summed E-state index contributed by atoms with van der Waals surface area (Å²) >= 11 is 3.44. The highest BCUT2D eigenvalue weighted by molar-refractivity contribution is 9.10. The Hall–Kier alpha value is -0.190. The molecule has 0 amide bonds. The molecule has 0 aliphatic carbocycles. The molecule has 0 aromatic heterocycles. The summed E-state index contributed by atoms with van der Waals surface area (Å²) in [5.41, 5.74) is 0. The molecule has 1 rings (SSSR count). The summed E-state index contributed by atoms with van der Waals surface area (Å²) in [5, 5.41) is 3.27. The molecular weight excluding hydrogens is 298 g/mol. The molecule has 96 valence electrons. The van der Waals surface area contributed by atoms with Crippen LogP contribution in [0.3, 0.4) is 0 Å². The van der Waals surface area contributed by atoms with E-state index in [1.807, 2.05) is 31.3 Å². The van der Waals surface area contributed by atoms with E-state index in [9.17, 15) is 4.21 Å². The zero-order valence-electron chi connectivity index (χ0n) is 10.4. The zero-order valence-corrected chi connectivity index (χ0v) is 12.8. The lowest BCUT2D eigenvalue weighted by Gasteiger charge is -2.13. The lowest BCUT2D eigenvalue weighted by molar-refractivity contribution is 0.503. The third-order valence-electron chi connectivity index (χ3n) is 2.87. The minimum Gasteiger partial charge on any atom is -0.317 e. The second kappa shape index (κ2) is 8.01. The van der Waals surface area contributed by atoms with Gasteiger partial charge in [0.2, 0.25) is 0 Å². The van der Waals surface area contributed by atoms with E-state index in [1.165, 1.54) is 0 Å². The van der Waals surface area contributed by atoms with Gasteiger partial charge in [-0.15, -0.1) is 0 Å². The van der Waals surface area contributed by atoms with E-state index >= 15 is 0 Å². The van der Waals surface area contributed by atoms with Crippen LogP contribution in [-0.4, -0.2) is 23.1 Å². The number of rotatable bonds is 7. The number of hydrogen-bond acceptors (Lipinski definition) is 2. The van der Waals surface area contributed by atoms with Gasteiger partial charge >= 0.3 is 0 Å². The minimum absolute atomic E-state index is 0.547. The molecule has 17 heavy (non-hydrogen) atoms. The van der Waals surface area contributed by atoms with Gasteiger partial charge in [0.1, 0.15) is 0 Å². The van der Waals surface area contributed by atoms with E-state index < -0.39 is 10.8 Å². The van der Waals surface area contributed by atoms with Gasteiger partial charge in [-0.3, -0.25) is 4.21 Å². The summed E-state index contributed by atoms with van der Waals surface area (Å²) in [4.78, 5) is 0.907. The van der Waals surface area contributed by atoms with Crippen molar-refractivity contribution < 1.29 is 4.21 Å². The predicted molar refractivity (Wildman–Crippen MR) is 77.8 cm³/mol. The number of halogens is 1. The Morgan fingerprint density at radius 2 is 2.12 bits per heavy atom. The Labute approximate surface area is 115 Å². The van der Waals surface area contributed by atoms with Crippen LogP contribution < -0.4 is 5.32 Å². The van der Waals surface area contributed by atoms with Crippen LogP contribution in [0.1, 0.15) is 26.2 Å². The molecule has 0 aliphatic rings. The van der Waals surface area contributed by atoms with Crippen molar-refractivity contribution in [1.82, 2.24) is 5.32 Å². The molecule has 1 aromatic carbocycles. The number of nitrogens with one attached hydrogen (secondary N) is 1. The van der Waals surface area contributed by atoms with Crippen molar-refractivity contribution >= 4 is 26.7 Å². The summed E-state index contributed by atoms with van der Waals surface area (Å²) in [6.07, 6.45) is 3.20. The van der Waals surface area contributed by atoms with E-state index in [4.69, 9.17) is 0 Å². The van der Waals surface area contributed by atoms with E-state index in [-0.39, 0.29) is 0 Å². The Morgan fingerprint density at radius 1 is 1.41 bits per heavy atom. The van der Waals surface area contributed by atoms with E-state index in [0.717, 1.165) is 34.4 Å². The van der Waals surface area contributed by atoms with Crippen molar-refractivity contribution in [2.24, 2.45) is 0 Å². The summed E-state index contributed by atoms with van der Waals surface area (Å²) in [6.45, 7) is 2.17. The van der Waals surface area contributed by atoms with Crippen LogP contribution in [0.2, 0.25) is 0 Å². The smallest absolute Gasteiger partial charge is 0.0541 e. The molecule has 0 saturated carbocycles. The van der Waals surface area contributed by atoms with Crippen molar-refractivity contribution in [2.45, 2.75) is 37.1 Å². The molecule has 0 spiro atoms. The average Bonchev–Trinajstić information content (AvgIpc) is 2.35. The van der Waals surface area contributed by atoms with Crippen LogP contribution in [0, 0.1) is 0 Å². The first-order chi connectivity index (χ1) is 8.19. The van der Waals surface area contributed by atoms with Gasteiger partial charge in [-0.1, -0.05) is 19.1 Å². The first-order valence-corrected chi connectivity index (χ1v) is 8.10. The third-order valence-corrected chi connectivity index (χ3v) is 5.33. The van der Waals surface area contributed by atoms with Gasteiger partial charge in [0.25, 0.3) is 0 Å². The van der Waals surface area contributed by atoms with Crippen molar-refractivity contribution in [3.63, 3.8) is 0 Å². The van der Waals surface area contributed by atoms with E-state index in [2.05, 4.69) is 28.2 Å². The van der Waals surface area contributed by atoms with Gasteiger partial charge in [0, 0.05) is 16.3 Å². The fraction of sp³-hybridized carbons (Fsp3) is 0.538. The van der Waals surface area contributed by atoms with Crippen molar-refractivity contribution in [1.29, 1.82) is 0 Å². The van der Waals surface area contributed by atoms with Gasteiger partial charge in [-0.2, -0.15) is 0 Å². The first kappa shape index (κ1) is 14.9. The Balaban J connectivity index is 2.43. The molecule has 2 unspecified atom stereocenters. The molecule has 1 aromatic rings. The summed E-state index contributed by atoms with van der Waals surface area (Å²) in [5.74, 6) is 0.737. The molecule has 0 radical (unpaired) electrons. The quantitative estimate of drug-likeness (QED) is 0.835. The summed E-state index contributed by atoms with van der Waals surface area (Å²) in [7, 11) is 1.10. The highest BCUT2D eigenvalue weighted by Crippen LogP contribution is 2.20. The molecule has 0 heterocycles. The van der Waals surface area contributed by atoms with E-state index in [1.54, 1.807) is 0 Å². The minimum atomic E-state index is -0.890. The number of benzene rings is 1. The highest BCUT2D eigenvalue weighted by atomic mass is 79.9. The molecule has 4 heteroatoms. The molecule has 0 saturated heterocycles. The van der Waals surface area contributed by atoms with Crippen LogP contribution in [0.25, 0.3) is 0 Å². The first-order valence-electron chi connectivity index (χ1n) is 5.99. The predicted octanol–water partition coefficient (Wildman–Crippen LogP) is 3.33. The lowest BCUT2D eigenvalue weighted by Crippen LogP contribution is -2.24. The van der Waals surface area contributed by atoms with Crippen molar-refractivity contribution in [3.8, 4) is 0 Å². The van der Waals surface area contributed by atoms with E-state index in [0.29, 0.717) is 6.04 Å². The van der Waals surface area contributed by atoms with Gasteiger partial charge in [0.15, 0.2) is 0 Å². The van der Waals surface area contributed by atoms with Crippen LogP contribution in [0.15, 0.2) is 33.6 Å². The normalized spacial score (nSPS) is 14.5. The molecule has 2 nitrogen and oxygen atoms in total. The maximum atomic E-state index is 12.1. The van der Waals surface area contributed by atoms with Gasteiger partial charge in [-0.05, 0) is 54.4 Å². The van der Waals surface area contributed by atoms with Crippen molar-refractivity contribution in [2.75, 3.05) is 12.8 Å². The molecule has 2 atom stereocenters. The fourth-order valence-corrected chi connectivity index (χ4v) is 3.74. The molecular formula is C13H20BrNOS. The summed E-state index contributed by atoms with van der Waals surface area (Å²) < 4.78 is 13.0. The van der Waals surface area contributed by atoms with Crippen LogP contribution in [0.4, 0.5) is 0 Å². The maximum Gasteiger partial charge on any atom is 0.0541 e. The Kier molecular flexibility index (Phi) is 7.00. The van der Waals surface area contributed by atoms with Gasteiger partial charge in [-0.25, -0.2) is 0 Å². The highest BCUT2D eigenvalue weighted by Gasteiger charge is 2.09. The number of hydrogen-bond donors (Lipinski definition) is 1. The largest absolute Gasteiger partial charge is 0.317 e. The Morgan fingerprint density at radius 3 is 2.71 bits per heavy atom. The SMILES string of the molecule is CCC(CCCS(=O)c1ccccc1Br)NC. The Bertz CT molecular complexity index is 366. The monoisotopic (exact) mass is 317 g/mol. The zero-order chi connectivity index (χ0) is 12.7. The second-order valence-corrected chi connectivity index (χ2v) is 6.41. The molecule has 0 fully saturated rings. The van der Waals surface area contributed by atoms with Crippen LogP contribution in [0.5, 0.6) is 0 Å². The van der Waals surface area contributed by atoms with Crippen LogP contribution in [-0.2, 0) is 10.8 Å². The molecule has 0 bridgehead atoms. The summed E-state index contributed by atoms with van der Waals surface area (Å²) in [6, 6.07) is 8.29. The third kappa shape index (κ3) is 4.90. The average molecular weight is 318 g/mol. The standard InChI is InChI=1S/C13H20BrNOS/c1-3-11(15-2)7-6-10-17(16)13-9-5-4-8-12(13)14/h4-5,8-9,11,15H,3,6-7,10H2,1-2H3. The van der Waals surface area contributed by atoms with Gasteiger partial charge < -0.3 is 5.32 Å². The second-order valence-electron chi connectivity index (χ2n) is 4.02. The lowest BCUT2D eigenvalue weighted by atomic mass is 10.1. The fourth-order valence-electron chi connectivity index (χ4n) is 1.75.